The Morgan fingerprint density at radius 3 is 2.20 bits per heavy atom. The molecule has 1 aliphatic carbocycles. The van der Waals surface area contributed by atoms with Gasteiger partial charge in [-0.2, -0.15) is 0 Å². The molecule has 0 spiro atoms. The van der Waals surface area contributed by atoms with Gasteiger partial charge >= 0.3 is 0 Å². The number of nitrogens with one attached hydrogen (secondary N) is 1. The molecule has 35 heavy (non-hydrogen) atoms. The fourth-order valence-corrected chi connectivity index (χ4v) is 5.47. The average molecular weight is 561 g/mol. The third kappa shape index (κ3) is 7.49. The molecule has 1 aliphatic rings. The molecule has 2 amide bonds. The highest BCUT2D eigenvalue weighted by atomic mass is 35.5. The standard InChI is InChI=1S/C24H28Cl3N3O4S/c1-16(24(32)28-20-5-3-4-6-20)29(14-17-7-8-19(26)13-22(17)27)23(31)15-30(35(2,33)34)21-11-9-18(25)10-12-21/h7-13,16,20H,3-6,14-15H2,1-2H3,(H,28,32). The molecule has 0 saturated heterocycles. The van der Waals surface area contributed by atoms with Crippen LogP contribution in [0.5, 0.6) is 0 Å². The van der Waals surface area contributed by atoms with Gasteiger partial charge in [0.05, 0.1) is 11.9 Å². The summed E-state index contributed by atoms with van der Waals surface area (Å²) < 4.78 is 26.1. The Labute approximate surface area is 221 Å². The van der Waals surface area contributed by atoms with Crippen molar-refractivity contribution in [2.45, 2.75) is 51.2 Å². The molecule has 7 nitrogen and oxygen atoms in total. The van der Waals surface area contributed by atoms with Gasteiger partial charge in [-0.3, -0.25) is 13.9 Å². The van der Waals surface area contributed by atoms with Crippen molar-refractivity contribution in [2.24, 2.45) is 0 Å². The van der Waals surface area contributed by atoms with E-state index in [4.69, 9.17) is 34.8 Å². The maximum absolute atomic E-state index is 13.6. The van der Waals surface area contributed by atoms with Crippen LogP contribution in [0.15, 0.2) is 42.5 Å². The van der Waals surface area contributed by atoms with Gasteiger partial charge in [0.2, 0.25) is 21.8 Å². The van der Waals surface area contributed by atoms with Crippen LogP contribution in [0.3, 0.4) is 0 Å². The highest BCUT2D eigenvalue weighted by Gasteiger charge is 2.31. The molecule has 2 aromatic rings. The molecular formula is C24H28Cl3N3O4S. The van der Waals surface area contributed by atoms with Crippen molar-refractivity contribution in [2.75, 3.05) is 17.1 Å². The molecule has 190 valence electrons. The number of carbonyl (C=O) groups is 2. The van der Waals surface area contributed by atoms with Crippen molar-refractivity contribution in [1.82, 2.24) is 10.2 Å². The second-order valence-corrected chi connectivity index (χ2v) is 11.9. The number of amides is 2. The lowest BCUT2D eigenvalue weighted by molar-refractivity contribution is -0.139. The number of nitrogens with zero attached hydrogens (tertiary/aromatic N) is 2. The lowest BCUT2D eigenvalue weighted by Gasteiger charge is -2.32. The van der Waals surface area contributed by atoms with Crippen molar-refractivity contribution in [3.05, 3.63) is 63.1 Å². The lowest BCUT2D eigenvalue weighted by Crippen LogP contribution is -2.52. The Bertz CT molecular complexity index is 1170. The predicted molar refractivity (Wildman–Crippen MR) is 141 cm³/mol. The third-order valence-electron chi connectivity index (χ3n) is 6.02. The van der Waals surface area contributed by atoms with Crippen molar-refractivity contribution in [3.8, 4) is 0 Å². The van der Waals surface area contributed by atoms with E-state index in [2.05, 4.69) is 5.32 Å². The molecule has 11 heteroatoms. The van der Waals surface area contributed by atoms with Crippen LogP contribution in [0.4, 0.5) is 5.69 Å². The molecular weight excluding hydrogens is 533 g/mol. The van der Waals surface area contributed by atoms with E-state index in [1.54, 1.807) is 37.3 Å². The van der Waals surface area contributed by atoms with Crippen LogP contribution in [0.25, 0.3) is 0 Å². The quantitative estimate of drug-likeness (QED) is 0.473. The maximum atomic E-state index is 13.6. The summed E-state index contributed by atoms with van der Waals surface area (Å²) in [5.74, 6) is -0.849. The summed E-state index contributed by atoms with van der Waals surface area (Å²) in [5.41, 5.74) is 0.875. The van der Waals surface area contributed by atoms with Gasteiger partial charge in [0.15, 0.2) is 0 Å². The van der Waals surface area contributed by atoms with Gasteiger partial charge < -0.3 is 10.2 Å². The average Bonchev–Trinajstić information content (AvgIpc) is 3.29. The Morgan fingerprint density at radius 2 is 1.63 bits per heavy atom. The summed E-state index contributed by atoms with van der Waals surface area (Å²) in [4.78, 5) is 28.0. The lowest BCUT2D eigenvalue weighted by atomic mass is 10.1. The van der Waals surface area contributed by atoms with E-state index in [9.17, 15) is 18.0 Å². The molecule has 1 unspecified atom stereocenters. The van der Waals surface area contributed by atoms with Crippen LogP contribution in [0.1, 0.15) is 38.2 Å². The molecule has 0 aromatic heterocycles. The minimum atomic E-state index is -3.81. The van der Waals surface area contributed by atoms with Crippen LogP contribution < -0.4 is 9.62 Å². The summed E-state index contributed by atoms with van der Waals surface area (Å²) in [7, 11) is -3.81. The van der Waals surface area contributed by atoms with Crippen molar-refractivity contribution < 1.29 is 18.0 Å². The molecule has 1 saturated carbocycles. The second kappa shape index (κ2) is 11.8. The number of halogens is 3. The topological polar surface area (TPSA) is 86.8 Å². The monoisotopic (exact) mass is 559 g/mol. The van der Waals surface area contributed by atoms with Crippen molar-refractivity contribution in [1.29, 1.82) is 0 Å². The first-order valence-electron chi connectivity index (χ1n) is 11.2. The predicted octanol–water partition coefficient (Wildman–Crippen LogP) is 4.89. The summed E-state index contributed by atoms with van der Waals surface area (Å²) in [6.07, 6.45) is 4.91. The summed E-state index contributed by atoms with van der Waals surface area (Å²) in [6.45, 7) is 1.14. The molecule has 0 radical (unpaired) electrons. The molecule has 1 atom stereocenters. The number of sulfonamides is 1. The van der Waals surface area contributed by atoms with Gasteiger partial charge in [-0.15, -0.1) is 0 Å². The Morgan fingerprint density at radius 1 is 1.03 bits per heavy atom. The first kappa shape index (κ1) is 27.6. The number of rotatable bonds is 9. The molecule has 3 rings (SSSR count). The largest absolute Gasteiger partial charge is 0.352 e. The molecule has 2 aromatic carbocycles. The van der Waals surface area contributed by atoms with Crippen LogP contribution in [0.2, 0.25) is 15.1 Å². The third-order valence-corrected chi connectivity index (χ3v) is 8.00. The molecule has 0 heterocycles. The molecule has 0 bridgehead atoms. The normalized spacial score (nSPS) is 15.0. The Hall–Kier alpha value is -2.00. The van der Waals surface area contributed by atoms with Crippen LogP contribution in [-0.2, 0) is 26.2 Å². The van der Waals surface area contributed by atoms with E-state index in [0.717, 1.165) is 36.2 Å². The number of benzene rings is 2. The van der Waals surface area contributed by atoms with Gasteiger partial charge in [0.25, 0.3) is 0 Å². The zero-order valence-corrected chi connectivity index (χ0v) is 22.6. The fraction of sp³-hybridized carbons (Fsp3) is 0.417. The first-order valence-corrected chi connectivity index (χ1v) is 14.2. The summed E-state index contributed by atoms with van der Waals surface area (Å²) in [6, 6.07) is 10.2. The Kier molecular flexibility index (Phi) is 9.32. The van der Waals surface area contributed by atoms with E-state index in [1.807, 2.05) is 0 Å². The van der Waals surface area contributed by atoms with Gasteiger partial charge in [0, 0.05) is 27.7 Å². The first-order chi connectivity index (χ1) is 16.5. The molecule has 1 N–H and O–H groups in total. The highest BCUT2D eigenvalue weighted by molar-refractivity contribution is 7.92. The van der Waals surface area contributed by atoms with Crippen LogP contribution >= 0.6 is 34.8 Å². The van der Waals surface area contributed by atoms with E-state index >= 15 is 0 Å². The summed E-state index contributed by atoms with van der Waals surface area (Å²) in [5, 5.41) is 4.23. The fourth-order valence-electron chi connectivity index (χ4n) is 4.03. The molecule has 0 aliphatic heterocycles. The number of carbonyl (C=O) groups excluding carboxylic acids is 2. The number of hydrogen-bond donors (Lipinski definition) is 1. The van der Waals surface area contributed by atoms with E-state index in [1.165, 1.54) is 17.0 Å². The van der Waals surface area contributed by atoms with Crippen molar-refractivity contribution >= 4 is 62.3 Å². The van der Waals surface area contributed by atoms with E-state index in [-0.39, 0.29) is 24.2 Å². The van der Waals surface area contributed by atoms with Gasteiger partial charge in [0.1, 0.15) is 12.6 Å². The zero-order valence-electron chi connectivity index (χ0n) is 19.5. The maximum Gasteiger partial charge on any atom is 0.244 e. The number of hydrogen-bond acceptors (Lipinski definition) is 4. The van der Waals surface area contributed by atoms with Gasteiger partial charge in [-0.1, -0.05) is 53.7 Å². The minimum Gasteiger partial charge on any atom is -0.352 e. The van der Waals surface area contributed by atoms with E-state index < -0.39 is 28.5 Å². The zero-order chi connectivity index (χ0) is 25.8. The highest BCUT2D eigenvalue weighted by Crippen LogP contribution is 2.25. The Balaban J connectivity index is 1.89. The molecule has 1 fully saturated rings. The van der Waals surface area contributed by atoms with Crippen LogP contribution in [0, 0.1) is 0 Å². The smallest absolute Gasteiger partial charge is 0.244 e. The van der Waals surface area contributed by atoms with Crippen LogP contribution in [-0.4, -0.2) is 50.0 Å². The van der Waals surface area contributed by atoms with Crippen molar-refractivity contribution in [3.63, 3.8) is 0 Å². The van der Waals surface area contributed by atoms with Gasteiger partial charge in [-0.05, 0) is 61.7 Å². The minimum absolute atomic E-state index is 0.00626. The van der Waals surface area contributed by atoms with Gasteiger partial charge in [-0.25, -0.2) is 8.42 Å². The number of anilines is 1. The van der Waals surface area contributed by atoms with E-state index in [0.29, 0.717) is 20.6 Å². The summed E-state index contributed by atoms with van der Waals surface area (Å²) >= 11 is 18.3. The second-order valence-electron chi connectivity index (χ2n) is 8.67. The SMILES string of the molecule is CC(C(=O)NC1CCCC1)N(Cc1ccc(Cl)cc1Cl)C(=O)CN(c1ccc(Cl)cc1)S(C)(=O)=O.